The van der Waals surface area contributed by atoms with Gasteiger partial charge >= 0.3 is 0 Å². The van der Waals surface area contributed by atoms with Crippen LogP contribution in [0, 0.1) is 0 Å². The van der Waals surface area contributed by atoms with E-state index in [4.69, 9.17) is 4.74 Å². The molecule has 1 aromatic heterocycles. The van der Waals surface area contributed by atoms with Crippen LogP contribution in [0.5, 0.6) is 11.5 Å². The van der Waals surface area contributed by atoms with Crippen molar-refractivity contribution in [3.8, 4) is 11.5 Å². The third-order valence-electron chi connectivity index (χ3n) is 3.07. The largest absolute Gasteiger partial charge is 0.504 e. The van der Waals surface area contributed by atoms with E-state index >= 15 is 0 Å². The number of methoxy groups -OCH3 is 1. The Hall–Kier alpha value is -2.01. The molecule has 1 unspecified atom stereocenters. The van der Waals surface area contributed by atoms with Crippen LogP contribution in [0.15, 0.2) is 30.6 Å². The van der Waals surface area contributed by atoms with Crippen LogP contribution in [-0.4, -0.2) is 28.7 Å². The Labute approximate surface area is 112 Å². The van der Waals surface area contributed by atoms with Crippen LogP contribution in [0.2, 0.25) is 0 Å². The summed E-state index contributed by atoms with van der Waals surface area (Å²) in [4.78, 5) is 7.25. The Morgan fingerprint density at radius 2 is 2.32 bits per heavy atom. The molecule has 5 nitrogen and oxygen atoms in total. The fraction of sp³-hybridized carbons (Fsp3) is 0.357. The molecule has 0 radical (unpaired) electrons. The predicted molar refractivity (Wildman–Crippen MR) is 73.4 cm³/mol. The van der Waals surface area contributed by atoms with Crippen molar-refractivity contribution >= 4 is 0 Å². The number of rotatable bonds is 6. The summed E-state index contributed by atoms with van der Waals surface area (Å²) in [5.41, 5.74) is 1.08. The summed E-state index contributed by atoms with van der Waals surface area (Å²) in [6.45, 7) is 2.91. The van der Waals surface area contributed by atoms with Gasteiger partial charge in [0.25, 0.3) is 0 Å². The highest BCUT2D eigenvalue weighted by atomic mass is 16.5. The Morgan fingerprint density at radius 1 is 1.47 bits per heavy atom. The highest BCUT2D eigenvalue weighted by Gasteiger charge is 2.08. The summed E-state index contributed by atoms with van der Waals surface area (Å²) in [5, 5.41) is 13.0. The van der Waals surface area contributed by atoms with Gasteiger partial charge in [-0.2, -0.15) is 0 Å². The van der Waals surface area contributed by atoms with Crippen molar-refractivity contribution in [1.82, 2.24) is 15.3 Å². The first-order valence-corrected chi connectivity index (χ1v) is 6.29. The molecule has 19 heavy (non-hydrogen) atoms. The van der Waals surface area contributed by atoms with Crippen molar-refractivity contribution in [2.75, 3.05) is 13.7 Å². The van der Waals surface area contributed by atoms with Gasteiger partial charge in [0.2, 0.25) is 0 Å². The summed E-state index contributed by atoms with van der Waals surface area (Å²) in [6, 6.07) is 5.57. The third-order valence-corrected chi connectivity index (χ3v) is 3.07. The molecule has 0 saturated carbocycles. The van der Waals surface area contributed by atoms with Crippen molar-refractivity contribution in [3.63, 3.8) is 0 Å². The second-order valence-corrected chi connectivity index (χ2v) is 4.39. The van der Waals surface area contributed by atoms with Gasteiger partial charge in [0.05, 0.1) is 7.11 Å². The van der Waals surface area contributed by atoms with E-state index in [1.54, 1.807) is 19.4 Å². The number of phenolic OH excluding ortho intramolecular Hbond substituents is 1. The Kier molecular flexibility index (Phi) is 4.41. The molecule has 0 aliphatic heterocycles. The van der Waals surface area contributed by atoms with Crippen molar-refractivity contribution in [2.45, 2.75) is 19.4 Å². The number of nitrogens with one attached hydrogen (secondary N) is 2. The average molecular weight is 261 g/mol. The lowest BCUT2D eigenvalue weighted by Crippen LogP contribution is -2.21. The van der Waals surface area contributed by atoms with E-state index in [1.165, 1.54) is 0 Å². The second kappa shape index (κ2) is 6.24. The van der Waals surface area contributed by atoms with Gasteiger partial charge in [-0.3, -0.25) is 0 Å². The van der Waals surface area contributed by atoms with Gasteiger partial charge in [0.15, 0.2) is 11.5 Å². The quantitative estimate of drug-likeness (QED) is 0.744. The number of imidazole rings is 1. The summed E-state index contributed by atoms with van der Waals surface area (Å²) in [5.74, 6) is 1.63. The van der Waals surface area contributed by atoms with Crippen LogP contribution in [0.25, 0.3) is 0 Å². The van der Waals surface area contributed by atoms with Crippen molar-refractivity contribution < 1.29 is 9.84 Å². The molecule has 1 heterocycles. The van der Waals surface area contributed by atoms with Gasteiger partial charge in [-0.05, 0) is 24.6 Å². The molecule has 1 aromatic carbocycles. The highest BCUT2D eigenvalue weighted by molar-refractivity contribution is 5.42. The summed E-state index contributed by atoms with van der Waals surface area (Å²) < 4.78 is 5.11. The molecular weight excluding hydrogens is 242 g/mol. The van der Waals surface area contributed by atoms with Crippen LogP contribution >= 0.6 is 0 Å². The average Bonchev–Trinajstić information content (AvgIpc) is 2.92. The maximum atomic E-state index is 9.56. The van der Waals surface area contributed by atoms with E-state index < -0.39 is 0 Å². The monoisotopic (exact) mass is 261 g/mol. The number of aromatic hydroxyl groups is 1. The van der Waals surface area contributed by atoms with Crippen molar-refractivity contribution in [2.24, 2.45) is 0 Å². The van der Waals surface area contributed by atoms with Crippen molar-refractivity contribution in [3.05, 3.63) is 42.0 Å². The van der Waals surface area contributed by atoms with E-state index in [2.05, 4.69) is 22.2 Å². The van der Waals surface area contributed by atoms with Gasteiger partial charge < -0.3 is 20.1 Å². The molecule has 2 rings (SSSR count). The second-order valence-electron chi connectivity index (χ2n) is 4.39. The van der Waals surface area contributed by atoms with Gasteiger partial charge in [0, 0.05) is 31.4 Å². The molecule has 2 aromatic rings. The fourth-order valence-electron chi connectivity index (χ4n) is 1.92. The number of ether oxygens (including phenoxy) is 1. The Balaban J connectivity index is 1.90. The lowest BCUT2D eigenvalue weighted by molar-refractivity contribution is 0.372. The minimum atomic E-state index is 0.161. The number of phenols is 1. The molecule has 0 saturated heterocycles. The van der Waals surface area contributed by atoms with Crippen LogP contribution < -0.4 is 10.1 Å². The number of hydrogen-bond acceptors (Lipinski definition) is 4. The summed E-state index contributed by atoms with van der Waals surface area (Å²) >= 11 is 0. The van der Waals surface area contributed by atoms with Crippen molar-refractivity contribution in [1.29, 1.82) is 0 Å². The molecule has 1 atom stereocenters. The van der Waals surface area contributed by atoms with Gasteiger partial charge in [-0.15, -0.1) is 0 Å². The fourth-order valence-corrected chi connectivity index (χ4v) is 1.92. The van der Waals surface area contributed by atoms with E-state index in [0.29, 0.717) is 5.75 Å². The maximum absolute atomic E-state index is 9.56. The number of hydrogen-bond donors (Lipinski definition) is 3. The Bertz CT molecular complexity index is 511. The smallest absolute Gasteiger partial charge is 0.160 e. The highest BCUT2D eigenvalue weighted by Crippen LogP contribution is 2.28. The van der Waals surface area contributed by atoms with Gasteiger partial charge in [0.1, 0.15) is 5.82 Å². The topological polar surface area (TPSA) is 70.2 Å². The molecule has 0 amide bonds. The lowest BCUT2D eigenvalue weighted by Gasteiger charge is -2.15. The van der Waals surface area contributed by atoms with Crippen LogP contribution in [-0.2, 0) is 6.42 Å². The van der Waals surface area contributed by atoms with E-state index in [1.807, 2.05) is 18.3 Å². The van der Waals surface area contributed by atoms with E-state index in [9.17, 15) is 5.11 Å². The summed E-state index contributed by atoms with van der Waals surface area (Å²) in [7, 11) is 1.55. The normalized spacial score (nSPS) is 12.3. The minimum Gasteiger partial charge on any atom is -0.504 e. The van der Waals surface area contributed by atoms with Gasteiger partial charge in [-0.25, -0.2) is 4.98 Å². The molecule has 0 aliphatic carbocycles. The standard InChI is InChI=1S/C14H19N3O2/c1-10(15-6-5-14-16-7-8-17-14)11-3-4-12(18)13(9-11)19-2/h3-4,7-10,15,18H,5-6H2,1-2H3,(H,16,17). The van der Waals surface area contributed by atoms with E-state index in [0.717, 1.165) is 24.4 Å². The lowest BCUT2D eigenvalue weighted by atomic mass is 10.1. The molecule has 0 fully saturated rings. The SMILES string of the molecule is COc1cc(C(C)NCCc2ncc[nH]2)ccc1O. The maximum Gasteiger partial charge on any atom is 0.160 e. The first-order valence-electron chi connectivity index (χ1n) is 6.29. The van der Waals surface area contributed by atoms with Crippen LogP contribution in [0.3, 0.4) is 0 Å². The predicted octanol–water partition coefficient (Wildman–Crippen LogP) is 2.02. The first kappa shape index (κ1) is 13.4. The molecule has 102 valence electrons. The number of aromatic nitrogens is 2. The number of H-pyrrole nitrogens is 1. The molecule has 5 heteroatoms. The van der Waals surface area contributed by atoms with Crippen LogP contribution in [0.1, 0.15) is 24.4 Å². The number of nitrogens with zero attached hydrogens (tertiary/aromatic N) is 1. The molecule has 0 bridgehead atoms. The van der Waals surface area contributed by atoms with Gasteiger partial charge in [-0.1, -0.05) is 6.07 Å². The number of aromatic amines is 1. The Morgan fingerprint density at radius 3 is 3.00 bits per heavy atom. The third kappa shape index (κ3) is 3.48. The first-order chi connectivity index (χ1) is 9.20. The van der Waals surface area contributed by atoms with Crippen LogP contribution in [0.4, 0.5) is 0 Å². The van der Waals surface area contributed by atoms with E-state index in [-0.39, 0.29) is 11.8 Å². The zero-order valence-corrected chi connectivity index (χ0v) is 11.2. The summed E-state index contributed by atoms with van der Waals surface area (Å²) in [6.07, 6.45) is 4.43. The molecule has 0 spiro atoms. The molecule has 0 aliphatic rings. The molecular formula is C14H19N3O2. The zero-order chi connectivity index (χ0) is 13.7. The molecule has 3 N–H and O–H groups in total. The minimum absolute atomic E-state index is 0.161. The zero-order valence-electron chi connectivity index (χ0n) is 11.2. The number of benzene rings is 1.